The van der Waals surface area contributed by atoms with Crippen molar-refractivity contribution in [2.24, 2.45) is 5.92 Å². The summed E-state index contributed by atoms with van der Waals surface area (Å²) in [4.78, 5) is 26.9. The van der Waals surface area contributed by atoms with Crippen LogP contribution in [0.4, 0.5) is 0 Å². The third kappa shape index (κ3) is 4.31. The number of piperidine rings is 1. The van der Waals surface area contributed by atoms with Gasteiger partial charge in [0, 0.05) is 43.0 Å². The first kappa shape index (κ1) is 24.5. The minimum Gasteiger partial charge on any atom is -0.432 e. The number of benzene rings is 4. The molecule has 1 aliphatic rings. The van der Waals surface area contributed by atoms with Gasteiger partial charge in [0.15, 0.2) is 0 Å². The van der Waals surface area contributed by atoms with Crippen LogP contribution in [-0.2, 0) is 4.79 Å². The number of thiocarbonyl (C=S) groups is 1. The molecule has 0 radical (unpaired) electrons. The minimum atomic E-state index is -0.0536. The third-order valence-electron chi connectivity index (χ3n) is 7.60. The quantitative estimate of drug-likeness (QED) is 0.156. The molecule has 0 unspecified atom stereocenters. The third-order valence-corrected chi connectivity index (χ3v) is 7.94. The van der Waals surface area contributed by atoms with E-state index in [0.29, 0.717) is 17.5 Å². The van der Waals surface area contributed by atoms with Crippen molar-refractivity contribution in [3.63, 3.8) is 0 Å². The second-order valence-corrected chi connectivity index (χ2v) is 10.2. The van der Waals surface area contributed by atoms with Crippen LogP contribution in [0.1, 0.15) is 26.7 Å². The van der Waals surface area contributed by atoms with Gasteiger partial charge in [-0.2, -0.15) is 0 Å². The van der Waals surface area contributed by atoms with Crippen LogP contribution in [0, 0.1) is 5.92 Å². The highest BCUT2D eigenvalue weighted by atomic mass is 32.1. The van der Waals surface area contributed by atoms with Crippen molar-refractivity contribution in [1.29, 1.82) is 0 Å². The molecular formula is C31H30N4O2S. The SMILES string of the molecule is CCN(CC)C(=O)[C@@H]1CCCN(C(=S)Oc2ccc3nc4c5ccccc5c5ccccc5c4nc3c2)C1. The molecule has 0 bridgehead atoms. The lowest BCUT2D eigenvalue weighted by Gasteiger charge is -2.35. The van der Waals surface area contributed by atoms with Gasteiger partial charge in [-0.25, -0.2) is 9.97 Å². The molecule has 1 saturated heterocycles. The van der Waals surface area contributed by atoms with Gasteiger partial charge in [0.05, 0.1) is 28.0 Å². The molecule has 6 rings (SSSR count). The van der Waals surface area contributed by atoms with Crippen LogP contribution in [-0.4, -0.2) is 57.0 Å². The van der Waals surface area contributed by atoms with Crippen LogP contribution in [0.15, 0.2) is 66.7 Å². The second-order valence-electron chi connectivity index (χ2n) is 9.83. The smallest absolute Gasteiger partial charge is 0.264 e. The van der Waals surface area contributed by atoms with Crippen molar-refractivity contribution >= 4 is 66.9 Å². The Balaban J connectivity index is 1.32. The first-order valence-corrected chi connectivity index (χ1v) is 13.7. The van der Waals surface area contributed by atoms with E-state index in [9.17, 15) is 4.79 Å². The number of hydrogen-bond donors (Lipinski definition) is 0. The first-order chi connectivity index (χ1) is 18.6. The lowest BCUT2D eigenvalue weighted by molar-refractivity contribution is -0.136. The summed E-state index contributed by atoms with van der Waals surface area (Å²) in [6.45, 7) is 6.87. The Kier molecular flexibility index (Phi) is 6.54. The molecule has 1 fully saturated rings. The van der Waals surface area contributed by atoms with E-state index in [4.69, 9.17) is 26.9 Å². The molecule has 1 aliphatic heterocycles. The van der Waals surface area contributed by atoms with Crippen LogP contribution in [0.25, 0.3) is 43.6 Å². The second kappa shape index (κ2) is 10.1. The molecule has 192 valence electrons. The van der Waals surface area contributed by atoms with Crippen molar-refractivity contribution in [2.45, 2.75) is 26.7 Å². The first-order valence-electron chi connectivity index (χ1n) is 13.3. The summed E-state index contributed by atoms with van der Waals surface area (Å²) in [5, 5.41) is 4.91. The van der Waals surface area contributed by atoms with Crippen molar-refractivity contribution in [3.8, 4) is 5.75 Å². The zero-order valence-electron chi connectivity index (χ0n) is 21.7. The summed E-state index contributed by atoms with van der Waals surface area (Å²) in [5.74, 6) is 0.774. The number of carbonyl (C=O) groups is 1. The van der Waals surface area contributed by atoms with Crippen LogP contribution in [0.3, 0.4) is 0 Å². The fraction of sp³-hybridized carbons (Fsp3) is 0.290. The molecule has 2 heterocycles. The van der Waals surface area contributed by atoms with E-state index in [1.807, 2.05) is 54.0 Å². The lowest BCUT2D eigenvalue weighted by Crippen LogP contribution is -2.47. The fourth-order valence-corrected chi connectivity index (χ4v) is 5.89. The Hall–Kier alpha value is -3.84. The summed E-state index contributed by atoms with van der Waals surface area (Å²) in [6, 6.07) is 22.4. The van der Waals surface area contributed by atoms with Gasteiger partial charge >= 0.3 is 0 Å². The summed E-state index contributed by atoms with van der Waals surface area (Å²) in [6.07, 6.45) is 1.80. The summed E-state index contributed by atoms with van der Waals surface area (Å²) < 4.78 is 6.14. The molecule has 1 amide bonds. The standard InChI is InChI=1S/C31H30N4O2S/c1-3-34(4-2)30(36)20-10-9-17-35(19-20)31(38)37-21-15-16-26-27(18-21)33-29-25-14-8-6-12-23(25)22-11-5-7-13-24(22)28(29)32-26/h5-8,11-16,18,20H,3-4,9-10,17,19H2,1-2H3/t20-/m1/s1. The number of amides is 1. The predicted molar refractivity (Wildman–Crippen MR) is 158 cm³/mol. The maximum absolute atomic E-state index is 12.9. The molecule has 0 saturated carbocycles. The maximum atomic E-state index is 12.9. The van der Waals surface area contributed by atoms with E-state index in [1.54, 1.807) is 0 Å². The molecule has 38 heavy (non-hydrogen) atoms. The van der Waals surface area contributed by atoms with Crippen LogP contribution < -0.4 is 4.74 Å². The summed E-state index contributed by atoms with van der Waals surface area (Å²) in [7, 11) is 0. The fourth-order valence-electron chi connectivity index (χ4n) is 5.63. The Bertz CT molecular complexity index is 1700. The van der Waals surface area contributed by atoms with Gasteiger partial charge < -0.3 is 14.5 Å². The van der Waals surface area contributed by atoms with Gasteiger partial charge in [0.2, 0.25) is 5.91 Å². The Morgan fingerprint density at radius 2 is 1.53 bits per heavy atom. The Morgan fingerprint density at radius 1 is 0.921 bits per heavy atom. The topological polar surface area (TPSA) is 58.6 Å². The minimum absolute atomic E-state index is 0.0536. The zero-order valence-corrected chi connectivity index (χ0v) is 22.5. The Labute approximate surface area is 227 Å². The van der Waals surface area contributed by atoms with Gasteiger partial charge in [-0.1, -0.05) is 48.5 Å². The molecule has 7 heteroatoms. The van der Waals surface area contributed by atoms with Crippen molar-refractivity contribution in [1.82, 2.24) is 19.8 Å². The van der Waals surface area contributed by atoms with Crippen molar-refractivity contribution in [2.75, 3.05) is 26.2 Å². The molecule has 0 N–H and O–H groups in total. The van der Waals surface area contributed by atoms with Gasteiger partial charge in [0.25, 0.3) is 5.17 Å². The summed E-state index contributed by atoms with van der Waals surface area (Å²) in [5.41, 5.74) is 3.33. The maximum Gasteiger partial charge on any atom is 0.264 e. The number of ether oxygens (including phenoxy) is 1. The number of hydrogen-bond acceptors (Lipinski definition) is 5. The van der Waals surface area contributed by atoms with Gasteiger partial charge in [-0.15, -0.1) is 0 Å². The van der Waals surface area contributed by atoms with E-state index < -0.39 is 0 Å². The van der Waals surface area contributed by atoms with E-state index in [1.165, 1.54) is 5.39 Å². The molecular weight excluding hydrogens is 492 g/mol. The molecule has 1 aromatic heterocycles. The summed E-state index contributed by atoms with van der Waals surface area (Å²) >= 11 is 5.68. The average Bonchev–Trinajstić information content (AvgIpc) is 2.97. The highest BCUT2D eigenvalue weighted by molar-refractivity contribution is 7.80. The number of rotatable bonds is 4. The van der Waals surface area contributed by atoms with E-state index in [2.05, 4.69) is 36.4 Å². The number of nitrogens with zero attached hydrogens (tertiary/aromatic N) is 4. The van der Waals surface area contributed by atoms with E-state index in [0.717, 1.165) is 70.7 Å². The molecule has 0 spiro atoms. The van der Waals surface area contributed by atoms with Gasteiger partial charge in [-0.05, 0) is 61.8 Å². The van der Waals surface area contributed by atoms with Crippen LogP contribution in [0.5, 0.6) is 5.75 Å². The normalized spacial score (nSPS) is 15.8. The molecule has 5 aromatic rings. The molecule has 4 aromatic carbocycles. The molecule has 0 aliphatic carbocycles. The Morgan fingerprint density at radius 3 is 2.16 bits per heavy atom. The molecule has 6 nitrogen and oxygen atoms in total. The number of fused-ring (bicyclic) bond motifs is 7. The highest BCUT2D eigenvalue weighted by Crippen LogP contribution is 2.34. The van der Waals surface area contributed by atoms with E-state index in [-0.39, 0.29) is 11.8 Å². The largest absolute Gasteiger partial charge is 0.432 e. The monoisotopic (exact) mass is 522 g/mol. The van der Waals surface area contributed by atoms with Gasteiger partial charge in [-0.3, -0.25) is 4.79 Å². The lowest BCUT2D eigenvalue weighted by atomic mass is 9.97. The van der Waals surface area contributed by atoms with E-state index >= 15 is 0 Å². The predicted octanol–water partition coefficient (Wildman–Crippen LogP) is 6.33. The van der Waals surface area contributed by atoms with Crippen LogP contribution in [0.2, 0.25) is 0 Å². The highest BCUT2D eigenvalue weighted by Gasteiger charge is 2.30. The number of likely N-dealkylation sites (tertiary alicyclic amines) is 1. The molecule has 1 atom stereocenters. The average molecular weight is 523 g/mol. The zero-order chi connectivity index (χ0) is 26.2. The number of carbonyl (C=O) groups excluding carboxylic acids is 1. The van der Waals surface area contributed by atoms with Crippen molar-refractivity contribution < 1.29 is 9.53 Å². The van der Waals surface area contributed by atoms with Gasteiger partial charge in [0.1, 0.15) is 5.75 Å². The number of aromatic nitrogens is 2. The van der Waals surface area contributed by atoms with Crippen molar-refractivity contribution in [3.05, 3.63) is 66.7 Å². The van der Waals surface area contributed by atoms with Crippen LogP contribution >= 0.6 is 12.2 Å².